The van der Waals surface area contributed by atoms with Crippen LogP contribution in [0.2, 0.25) is 0 Å². The van der Waals surface area contributed by atoms with Gasteiger partial charge in [0.05, 0.1) is 22.7 Å². The summed E-state index contributed by atoms with van der Waals surface area (Å²) in [6.07, 6.45) is -7.90. The highest BCUT2D eigenvalue weighted by Crippen LogP contribution is 2.36. The first-order valence-corrected chi connectivity index (χ1v) is 4.51. The van der Waals surface area contributed by atoms with E-state index in [0.29, 0.717) is 0 Å². The van der Waals surface area contributed by atoms with Crippen molar-refractivity contribution in [3.05, 3.63) is 22.9 Å². The first-order chi connectivity index (χ1) is 7.27. The molecule has 2 N–H and O–H groups in total. The van der Waals surface area contributed by atoms with Crippen molar-refractivity contribution >= 4 is 17.4 Å². The molecule has 1 aromatic rings. The Morgan fingerprint density at radius 1 is 1.38 bits per heavy atom. The fourth-order valence-electron chi connectivity index (χ4n) is 1.11. The van der Waals surface area contributed by atoms with Crippen LogP contribution in [0.25, 0.3) is 0 Å². The van der Waals surface area contributed by atoms with Crippen LogP contribution in [0.5, 0.6) is 0 Å². The van der Waals surface area contributed by atoms with Crippen molar-refractivity contribution in [3.63, 3.8) is 0 Å². The average molecular weight is 261 g/mol. The number of halogens is 6. The zero-order valence-corrected chi connectivity index (χ0v) is 8.41. The fourth-order valence-corrected chi connectivity index (χ4v) is 1.31. The van der Waals surface area contributed by atoms with Gasteiger partial charge in [-0.25, -0.2) is 13.8 Å². The summed E-state index contributed by atoms with van der Waals surface area (Å²) in [4.78, 5) is 3.23. The number of alkyl halides is 6. The summed E-state index contributed by atoms with van der Waals surface area (Å²) < 4.78 is 61.9. The number of nitrogen functional groups attached to an aromatic ring is 1. The number of pyridine rings is 1. The molecule has 0 atom stereocenters. The second kappa shape index (κ2) is 4.40. The SMILES string of the molecule is Nc1nc(CCl)c(C(F)(F)F)cc1C(F)F. The van der Waals surface area contributed by atoms with E-state index >= 15 is 0 Å². The average Bonchev–Trinajstić information content (AvgIpc) is 2.14. The largest absolute Gasteiger partial charge is 0.418 e. The monoisotopic (exact) mass is 260 g/mol. The molecule has 0 saturated carbocycles. The molecule has 0 aromatic carbocycles. The van der Waals surface area contributed by atoms with Crippen LogP contribution in [0.15, 0.2) is 6.07 Å². The van der Waals surface area contributed by atoms with Crippen molar-refractivity contribution in [2.75, 3.05) is 5.73 Å². The van der Waals surface area contributed by atoms with Gasteiger partial charge in [-0.1, -0.05) is 0 Å². The van der Waals surface area contributed by atoms with E-state index in [2.05, 4.69) is 4.98 Å². The normalized spacial score (nSPS) is 12.2. The van der Waals surface area contributed by atoms with Crippen molar-refractivity contribution in [2.45, 2.75) is 18.5 Å². The Kier molecular flexibility index (Phi) is 3.57. The summed E-state index contributed by atoms with van der Waals surface area (Å²) in [5.74, 6) is -1.19. The lowest BCUT2D eigenvalue weighted by molar-refractivity contribution is -0.138. The lowest BCUT2D eigenvalue weighted by Gasteiger charge is -2.13. The molecule has 2 nitrogen and oxygen atoms in total. The van der Waals surface area contributed by atoms with Crippen LogP contribution in [0, 0.1) is 0 Å². The molecule has 0 amide bonds. The summed E-state index contributed by atoms with van der Waals surface area (Å²) in [7, 11) is 0. The Hall–Kier alpha value is -1.11. The quantitative estimate of drug-likeness (QED) is 0.654. The second-order valence-corrected chi connectivity index (χ2v) is 3.16. The predicted octanol–water partition coefficient (Wildman–Crippen LogP) is 3.36. The molecular formula is C8H6ClF5N2. The van der Waals surface area contributed by atoms with E-state index in [1.807, 2.05) is 0 Å². The molecule has 0 bridgehead atoms. The molecule has 0 spiro atoms. The molecule has 0 saturated heterocycles. The van der Waals surface area contributed by atoms with Gasteiger partial charge < -0.3 is 5.73 Å². The van der Waals surface area contributed by atoms with Gasteiger partial charge in [0.25, 0.3) is 6.43 Å². The number of rotatable bonds is 2. The minimum atomic E-state index is -4.78. The van der Waals surface area contributed by atoms with E-state index in [1.165, 1.54) is 0 Å². The second-order valence-electron chi connectivity index (χ2n) is 2.89. The maximum absolute atomic E-state index is 12.4. The van der Waals surface area contributed by atoms with E-state index < -0.39 is 41.1 Å². The van der Waals surface area contributed by atoms with Gasteiger partial charge in [0.1, 0.15) is 5.82 Å². The van der Waals surface area contributed by atoms with E-state index in [0.717, 1.165) is 0 Å². The maximum Gasteiger partial charge on any atom is 0.418 e. The summed E-state index contributed by atoms with van der Waals surface area (Å²) >= 11 is 5.24. The third-order valence-corrected chi connectivity index (χ3v) is 2.08. The van der Waals surface area contributed by atoms with E-state index in [1.54, 1.807) is 0 Å². The molecule has 0 aliphatic rings. The van der Waals surface area contributed by atoms with Gasteiger partial charge >= 0.3 is 6.18 Å². The van der Waals surface area contributed by atoms with Crippen LogP contribution in [0.1, 0.15) is 23.2 Å². The Labute approximate surface area is 92.2 Å². The molecule has 0 aliphatic heterocycles. The molecule has 0 radical (unpaired) electrons. The van der Waals surface area contributed by atoms with Gasteiger partial charge in [-0.3, -0.25) is 0 Å². The number of hydrogen-bond donors (Lipinski definition) is 1. The highest BCUT2D eigenvalue weighted by Gasteiger charge is 2.35. The summed E-state index contributed by atoms with van der Waals surface area (Å²) in [5, 5.41) is 0. The highest BCUT2D eigenvalue weighted by atomic mass is 35.5. The van der Waals surface area contributed by atoms with Gasteiger partial charge in [-0.2, -0.15) is 13.2 Å². The zero-order valence-electron chi connectivity index (χ0n) is 7.65. The lowest BCUT2D eigenvalue weighted by Crippen LogP contribution is -2.13. The smallest absolute Gasteiger partial charge is 0.383 e. The van der Waals surface area contributed by atoms with Crippen molar-refractivity contribution < 1.29 is 22.0 Å². The predicted molar refractivity (Wildman–Crippen MR) is 48.2 cm³/mol. The van der Waals surface area contributed by atoms with Crippen molar-refractivity contribution in [1.82, 2.24) is 4.98 Å². The van der Waals surface area contributed by atoms with Crippen LogP contribution >= 0.6 is 11.6 Å². The maximum atomic E-state index is 12.4. The molecular weight excluding hydrogens is 255 g/mol. The Morgan fingerprint density at radius 3 is 2.31 bits per heavy atom. The van der Waals surface area contributed by atoms with Crippen LogP contribution < -0.4 is 5.73 Å². The van der Waals surface area contributed by atoms with Crippen LogP contribution in [-0.2, 0) is 12.1 Å². The van der Waals surface area contributed by atoms with Gasteiger partial charge in [-0.05, 0) is 6.07 Å². The molecule has 8 heteroatoms. The number of aromatic nitrogens is 1. The van der Waals surface area contributed by atoms with Crippen molar-refractivity contribution in [2.24, 2.45) is 0 Å². The molecule has 16 heavy (non-hydrogen) atoms. The van der Waals surface area contributed by atoms with Gasteiger partial charge in [0.2, 0.25) is 0 Å². The van der Waals surface area contributed by atoms with E-state index in [-0.39, 0.29) is 6.07 Å². The summed E-state index contributed by atoms with van der Waals surface area (Å²) in [6, 6.07) is 0.282. The molecule has 0 unspecified atom stereocenters. The topological polar surface area (TPSA) is 38.9 Å². The first kappa shape index (κ1) is 13.0. The van der Waals surface area contributed by atoms with Gasteiger partial charge in [0.15, 0.2) is 0 Å². The number of nitrogens with two attached hydrogens (primary N) is 1. The van der Waals surface area contributed by atoms with Crippen molar-refractivity contribution in [1.29, 1.82) is 0 Å². The Bertz CT molecular complexity index is 391. The van der Waals surface area contributed by atoms with Crippen LogP contribution in [0.4, 0.5) is 27.8 Å². The van der Waals surface area contributed by atoms with Crippen molar-refractivity contribution in [3.8, 4) is 0 Å². The van der Waals surface area contributed by atoms with Gasteiger partial charge in [-0.15, -0.1) is 11.6 Å². The molecule has 1 heterocycles. The standard InChI is InChI=1S/C8H6ClF5N2/c9-2-5-4(8(12,13)14)1-3(6(10)11)7(15)16-5/h1,6H,2H2,(H2,15,16). The zero-order chi connectivity index (χ0) is 12.5. The Balaban J connectivity index is 3.41. The third kappa shape index (κ3) is 2.52. The third-order valence-electron chi connectivity index (χ3n) is 1.83. The molecule has 1 aromatic heterocycles. The molecule has 0 aliphatic carbocycles. The molecule has 0 fully saturated rings. The minimum absolute atomic E-state index is 0.282. The molecule has 90 valence electrons. The number of hydrogen-bond acceptors (Lipinski definition) is 2. The fraction of sp³-hybridized carbons (Fsp3) is 0.375. The van der Waals surface area contributed by atoms with Crippen LogP contribution in [0.3, 0.4) is 0 Å². The lowest BCUT2D eigenvalue weighted by atomic mass is 10.1. The van der Waals surface area contributed by atoms with Crippen LogP contribution in [-0.4, -0.2) is 4.98 Å². The highest BCUT2D eigenvalue weighted by molar-refractivity contribution is 6.17. The number of nitrogens with zero attached hydrogens (tertiary/aromatic N) is 1. The molecule has 1 rings (SSSR count). The first-order valence-electron chi connectivity index (χ1n) is 3.98. The van der Waals surface area contributed by atoms with E-state index in [9.17, 15) is 22.0 Å². The minimum Gasteiger partial charge on any atom is -0.383 e. The summed E-state index contributed by atoms with van der Waals surface area (Å²) in [5.41, 5.74) is 2.31. The Morgan fingerprint density at radius 2 is 1.94 bits per heavy atom. The number of anilines is 1. The summed E-state index contributed by atoms with van der Waals surface area (Å²) in [6.45, 7) is 0. The van der Waals surface area contributed by atoms with E-state index in [4.69, 9.17) is 17.3 Å². The van der Waals surface area contributed by atoms with Gasteiger partial charge in [0, 0.05) is 0 Å².